The summed E-state index contributed by atoms with van der Waals surface area (Å²) in [6.45, 7) is 0. The van der Waals surface area contributed by atoms with Crippen LogP contribution < -0.4 is 8.58 Å². The van der Waals surface area contributed by atoms with Crippen molar-refractivity contribution in [3.63, 3.8) is 0 Å². The Kier molecular flexibility index (Phi) is 3.64. The second-order valence-corrected chi connectivity index (χ2v) is 9.55. The first-order chi connectivity index (χ1) is 11.6. The van der Waals surface area contributed by atoms with Gasteiger partial charge in [-0.3, -0.25) is 0 Å². The number of nitrogens with one attached hydrogen (secondary N) is 1. The fourth-order valence-corrected chi connectivity index (χ4v) is 5.33. The van der Waals surface area contributed by atoms with Gasteiger partial charge >= 0.3 is 142 Å². The van der Waals surface area contributed by atoms with Crippen LogP contribution in [0.4, 0.5) is 5.69 Å². The molecule has 1 aromatic heterocycles. The molecule has 1 atom stereocenters. The van der Waals surface area contributed by atoms with Crippen LogP contribution in [0.3, 0.4) is 0 Å². The zero-order chi connectivity index (χ0) is 16.6. The number of para-hydroxylation sites is 1. The van der Waals surface area contributed by atoms with E-state index in [2.05, 4.69) is 9.22 Å². The van der Waals surface area contributed by atoms with Crippen LogP contribution in [-0.2, 0) is 3.74 Å². The van der Waals surface area contributed by atoms with Crippen LogP contribution in [0.2, 0.25) is 0 Å². The van der Waals surface area contributed by atoms with Gasteiger partial charge in [0.1, 0.15) is 0 Å². The van der Waals surface area contributed by atoms with Gasteiger partial charge in [0.15, 0.2) is 0 Å². The van der Waals surface area contributed by atoms with Crippen LogP contribution >= 0.6 is 0 Å². The topological polar surface area (TPSA) is 62.2 Å². The molecule has 0 bridgehead atoms. The van der Waals surface area contributed by atoms with Crippen molar-refractivity contribution in [3.8, 4) is 0 Å². The Balaban J connectivity index is 1.85. The molecule has 1 heterocycles. The van der Waals surface area contributed by atoms with E-state index in [0.717, 1.165) is 21.8 Å². The summed E-state index contributed by atoms with van der Waals surface area (Å²) in [6, 6.07) is 24.1. The Morgan fingerprint density at radius 2 is 1.54 bits per heavy atom. The van der Waals surface area contributed by atoms with Crippen molar-refractivity contribution in [2.45, 2.75) is 0 Å². The van der Waals surface area contributed by atoms with Crippen molar-refractivity contribution >= 4 is 45.9 Å². The number of rotatable bonds is 3. The summed E-state index contributed by atoms with van der Waals surface area (Å²) < 4.78 is 26.6. The number of hydrogen-bond acceptors (Lipinski definition) is 2. The van der Waals surface area contributed by atoms with Crippen molar-refractivity contribution in [1.29, 1.82) is 0 Å². The number of hydrogen-bond donors (Lipinski definition) is 2. The van der Waals surface area contributed by atoms with Gasteiger partial charge in [0.25, 0.3) is 0 Å². The molecule has 4 aromatic rings. The fraction of sp³-hybridized carbons (Fsp3) is 0. The molecule has 0 aliphatic carbocycles. The number of fused-ring (bicyclic) bond motifs is 2. The third kappa shape index (κ3) is 2.71. The molecule has 118 valence electrons. The molecule has 0 fully saturated rings. The predicted molar refractivity (Wildman–Crippen MR) is 97.6 cm³/mol. The first kappa shape index (κ1) is 15.0. The van der Waals surface area contributed by atoms with Gasteiger partial charge in [-0.05, 0) is 0 Å². The average molecular weight is 378 g/mol. The van der Waals surface area contributed by atoms with Gasteiger partial charge in [-0.25, -0.2) is 0 Å². The summed E-state index contributed by atoms with van der Waals surface area (Å²) >= 11 is -4.42. The second-order valence-electron chi connectivity index (χ2n) is 5.58. The standard InChI is InChI=1S/C19H15AsN2O2/c23-20(24,15-8-2-1-3-9-15)22-19-12-6-11-18-16(19)13-14-7-4-5-10-17(14)21-18/h1-13H,(H2,22,23,24). The molecule has 1 unspecified atom stereocenters. The van der Waals surface area contributed by atoms with E-state index in [1.807, 2.05) is 54.6 Å². The molecule has 2 N–H and O–H groups in total. The minimum atomic E-state index is -4.42. The van der Waals surface area contributed by atoms with Crippen LogP contribution in [0.5, 0.6) is 0 Å². The Morgan fingerprint density at radius 3 is 2.38 bits per heavy atom. The van der Waals surface area contributed by atoms with Crippen LogP contribution in [-0.4, -0.2) is 23.1 Å². The second kappa shape index (κ2) is 5.82. The molecule has 0 amide bonds. The first-order valence-electron chi connectivity index (χ1n) is 7.59. The Hall–Kier alpha value is -2.55. The quantitative estimate of drug-likeness (QED) is 0.425. The maximum atomic E-state index is 12.8. The van der Waals surface area contributed by atoms with Gasteiger partial charge in [-0.15, -0.1) is 0 Å². The van der Waals surface area contributed by atoms with E-state index < -0.39 is 14.1 Å². The molecule has 0 radical (unpaired) electrons. The van der Waals surface area contributed by atoms with E-state index in [1.165, 1.54) is 0 Å². The number of nitrogens with zero attached hydrogens (tertiary/aromatic N) is 1. The summed E-state index contributed by atoms with van der Waals surface area (Å²) in [5.41, 5.74) is 2.32. The number of anilines is 1. The number of benzene rings is 3. The molecule has 4 nitrogen and oxygen atoms in total. The molecule has 0 aliphatic rings. The van der Waals surface area contributed by atoms with E-state index in [9.17, 15) is 7.84 Å². The average Bonchev–Trinajstić information content (AvgIpc) is 2.61. The van der Waals surface area contributed by atoms with E-state index in [-0.39, 0.29) is 0 Å². The summed E-state index contributed by atoms with van der Waals surface area (Å²) in [5.74, 6) is 0. The molecule has 0 saturated heterocycles. The summed E-state index contributed by atoms with van der Waals surface area (Å²) in [4.78, 5) is 4.64. The number of pyridine rings is 1. The fourth-order valence-electron chi connectivity index (χ4n) is 2.75. The molecule has 24 heavy (non-hydrogen) atoms. The summed E-state index contributed by atoms with van der Waals surface area (Å²) in [5, 5.41) is 1.84. The molecule has 5 heteroatoms. The van der Waals surface area contributed by atoms with Gasteiger partial charge in [0, 0.05) is 0 Å². The normalized spacial score (nSPS) is 13.7. The van der Waals surface area contributed by atoms with Crippen molar-refractivity contribution < 1.29 is 7.84 Å². The van der Waals surface area contributed by atoms with Gasteiger partial charge in [-0.2, -0.15) is 0 Å². The van der Waals surface area contributed by atoms with Gasteiger partial charge in [0.05, 0.1) is 0 Å². The SMILES string of the molecule is O=[As](O)(Nc1cccc2nc3ccccc3cc12)c1ccccc1. The molecule has 0 aliphatic heterocycles. The summed E-state index contributed by atoms with van der Waals surface area (Å²) in [7, 11) is 0. The number of aromatic nitrogens is 1. The minimum absolute atomic E-state index is 0.432. The van der Waals surface area contributed by atoms with Crippen LogP contribution in [0, 0.1) is 0 Å². The Morgan fingerprint density at radius 1 is 0.833 bits per heavy atom. The monoisotopic (exact) mass is 378 g/mol. The van der Waals surface area contributed by atoms with Gasteiger partial charge in [0.2, 0.25) is 0 Å². The third-order valence-electron chi connectivity index (χ3n) is 3.94. The van der Waals surface area contributed by atoms with Crippen LogP contribution in [0.1, 0.15) is 0 Å². The third-order valence-corrected chi connectivity index (χ3v) is 7.17. The zero-order valence-electron chi connectivity index (χ0n) is 12.8. The molecule has 0 saturated carbocycles. The summed E-state index contributed by atoms with van der Waals surface area (Å²) in [6.07, 6.45) is 0. The van der Waals surface area contributed by atoms with Crippen molar-refractivity contribution in [3.05, 3.63) is 78.9 Å². The zero-order valence-corrected chi connectivity index (χ0v) is 14.6. The van der Waals surface area contributed by atoms with Gasteiger partial charge in [-0.1, -0.05) is 0 Å². The first-order valence-corrected chi connectivity index (χ1v) is 11.1. The molecular formula is C19H15AsN2O2. The van der Waals surface area contributed by atoms with E-state index >= 15 is 0 Å². The molecule has 4 rings (SSSR count). The Labute approximate surface area is 142 Å². The van der Waals surface area contributed by atoms with E-state index in [4.69, 9.17) is 0 Å². The Bertz CT molecular complexity index is 1080. The van der Waals surface area contributed by atoms with E-state index in [0.29, 0.717) is 10.0 Å². The van der Waals surface area contributed by atoms with Crippen LogP contribution in [0.25, 0.3) is 21.8 Å². The van der Waals surface area contributed by atoms with Gasteiger partial charge < -0.3 is 0 Å². The molecular weight excluding hydrogens is 363 g/mol. The van der Waals surface area contributed by atoms with Crippen LogP contribution in [0.15, 0.2) is 78.9 Å². The predicted octanol–water partition coefficient (Wildman–Crippen LogP) is 3.07. The van der Waals surface area contributed by atoms with Crippen molar-refractivity contribution in [1.82, 2.24) is 4.98 Å². The van der Waals surface area contributed by atoms with Crippen molar-refractivity contribution in [2.24, 2.45) is 0 Å². The van der Waals surface area contributed by atoms with E-state index in [1.54, 1.807) is 24.3 Å². The molecule has 0 spiro atoms. The molecule has 3 aromatic carbocycles. The maximum absolute atomic E-state index is 12.8. The van der Waals surface area contributed by atoms with Crippen molar-refractivity contribution in [2.75, 3.05) is 4.23 Å².